The Morgan fingerprint density at radius 3 is 2.66 bits per heavy atom. The van der Waals surface area contributed by atoms with Crippen LogP contribution in [0.15, 0.2) is 24.5 Å². The van der Waals surface area contributed by atoms with Crippen molar-refractivity contribution in [2.24, 2.45) is 0 Å². The Bertz CT molecular complexity index is 1640. The Morgan fingerprint density at radius 2 is 2.00 bits per heavy atom. The van der Waals surface area contributed by atoms with Gasteiger partial charge in [0.1, 0.15) is 16.9 Å². The number of halogens is 2. The molecule has 3 aromatic heterocycles. The average Bonchev–Trinajstić information content (AvgIpc) is 3.45. The quantitative estimate of drug-likeness (QED) is 0.318. The van der Waals surface area contributed by atoms with E-state index in [2.05, 4.69) is 30.5 Å². The highest BCUT2D eigenvalue weighted by molar-refractivity contribution is 7.92. The molecule has 1 atom stereocenters. The van der Waals surface area contributed by atoms with Crippen molar-refractivity contribution < 1.29 is 17.9 Å². The van der Waals surface area contributed by atoms with Crippen LogP contribution < -0.4 is 9.62 Å². The van der Waals surface area contributed by atoms with Crippen LogP contribution in [-0.4, -0.2) is 56.0 Å². The number of aliphatic hydroxyl groups is 1. The number of aromatic nitrogens is 6. The molecule has 1 aromatic carbocycles. The lowest BCUT2D eigenvalue weighted by atomic mass is 10.1. The minimum absolute atomic E-state index is 0.101. The van der Waals surface area contributed by atoms with Crippen LogP contribution in [0.1, 0.15) is 57.7 Å². The highest BCUT2D eigenvalue weighted by Gasteiger charge is 2.32. The first-order valence-electron chi connectivity index (χ1n) is 12.0. The number of hydrogen-bond acceptors (Lipinski definition) is 8. The highest BCUT2D eigenvalue weighted by atomic mass is 35.5. The number of benzene rings is 1. The molecule has 0 aliphatic carbocycles. The molecule has 4 heterocycles. The number of aromatic amines is 1. The van der Waals surface area contributed by atoms with Gasteiger partial charge in [-0.2, -0.15) is 5.10 Å². The maximum absolute atomic E-state index is 15.3. The van der Waals surface area contributed by atoms with Gasteiger partial charge in [0.15, 0.2) is 5.82 Å². The molecular weight excluding hydrogens is 535 g/mol. The normalized spacial score (nSPS) is 16.3. The molecule has 11 nitrogen and oxygen atoms in total. The van der Waals surface area contributed by atoms with Gasteiger partial charge in [0, 0.05) is 18.2 Å². The Morgan fingerprint density at radius 1 is 1.26 bits per heavy atom. The second-order valence-corrected chi connectivity index (χ2v) is 12.5. The summed E-state index contributed by atoms with van der Waals surface area (Å²) in [4.78, 5) is 13.3. The third-order valence-electron chi connectivity index (χ3n) is 6.42. The van der Waals surface area contributed by atoms with Crippen molar-refractivity contribution >= 4 is 44.3 Å². The average molecular weight is 563 g/mol. The van der Waals surface area contributed by atoms with Crippen molar-refractivity contribution in [2.75, 3.05) is 22.4 Å². The molecule has 0 bridgehead atoms. The zero-order valence-electron chi connectivity index (χ0n) is 21.5. The number of imidazole rings is 1. The molecule has 0 saturated heterocycles. The van der Waals surface area contributed by atoms with E-state index in [0.29, 0.717) is 40.4 Å². The van der Waals surface area contributed by atoms with Gasteiger partial charge in [0.2, 0.25) is 16.0 Å². The van der Waals surface area contributed by atoms with Gasteiger partial charge in [-0.15, -0.1) is 0 Å². The summed E-state index contributed by atoms with van der Waals surface area (Å²) in [6, 6.07) is 2.62. The van der Waals surface area contributed by atoms with Crippen molar-refractivity contribution in [3.05, 3.63) is 46.9 Å². The second-order valence-electron chi connectivity index (χ2n) is 10.2. The minimum atomic E-state index is -3.45. The van der Waals surface area contributed by atoms with Crippen LogP contribution in [0.25, 0.3) is 22.3 Å². The summed E-state index contributed by atoms with van der Waals surface area (Å²) < 4.78 is 42.8. The number of anilines is 2. The third-order valence-corrected chi connectivity index (χ3v) is 7.88. The monoisotopic (exact) mass is 562 g/mol. The number of nitrogens with zero attached hydrogens (tertiary/aromatic N) is 6. The number of nitrogens with one attached hydrogen (secondary N) is 2. The van der Waals surface area contributed by atoms with E-state index in [1.807, 2.05) is 13.8 Å². The fourth-order valence-electron chi connectivity index (χ4n) is 4.78. The Balaban J connectivity index is 1.55. The standard InChI is InChI=1S/C24H28ClFN8O3S/c1-12(2)34-17-9-13(8-15(26)20(17)30-22(34)24(3,4)35)19-14(25)10-27-23(31-19)29-16-6-7-33(38(5,36)37)18-11-28-32-21(16)18/h8-12,16,35H,6-7H2,1-5H3,(H,28,32)(H,27,29,31)/t16-/m0/s1. The first-order valence-corrected chi connectivity index (χ1v) is 14.2. The third kappa shape index (κ3) is 4.58. The van der Waals surface area contributed by atoms with Gasteiger partial charge in [0.25, 0.3) is 0 Å². The molecule has 0 radical (unpaired) electrons. The number of fused-ring (bicyclic) bond motifs is 2. The maximum Gasteiger partial charge on any atom is 0.232 e. The van der Waals surface area contributed by atoms with Crippen molar-refractivity contribution in [2.45, 2.75) is 51.8 Å². The zero-order valence-corrected chi connectivity index (χ0v) is 23.1. The van der Waals surface area contributed by atoms with Crippen LogP contribution in [0.5, 0.6) is 0 Å². The van der Waals surface area contributed by atoms with E-state index in [1.165, 1.54) is 22.8 Å². The van der Waals surface area contributed by atoms with Crippen LogP contribution in [0, 0.1) is 5.82 Å². The molecule has 0 fully saturated rings. The summed E-state index contributed by atoms with van der Waals surface area (Å²) in [5, 5.41) is 21.0. The van der Waals surface area contributed by atoms with E-state index in [4.69, 9.17) is 11.6 Å². The highest BCUT2D eigenvalue weighted by Crippen LogP contribution is 2.37. The topological polar surface area (TPSA) is 142 Å². The van der Waals surface area contributed by atoms with Crippen LogP contribution in [-0.2, 0) is 15.6 Å². The Labute approximate surface area is 224 Å². The zero-order chi connectivity index (χ0) is 27.6. The number of hydrogen-bond donors (Lipinski definition) is 3. The predicted molar refractivity (Wildman–Crippen MR) is 143 cm³/mol. The first-order chi connectivity index (χ1) is 17.8. The molecule has 3 N–H and O–H groups in total. The van der Waals surface area contributed by atoms with Gasteiger partial charge in [-0.3, -0.25) is 9.40 Å². The molecule has 14 heteroatoms. The van der Waals surface area contributed by atoms with E-state index < -0.39 is 21.4 Å². The van der Waals surface area contributed by atoms with Crippen LogP contribution in [0.4, 0.5) is 16.0 Å². The summed E-state index contributed by atoms with van der Waals surface area (Å²) in [6.45, 7) is 7.33. The Kier molecular flexibility index (Phi) is 6.35. The van der Waals surface area contributed by atoms with Crippen molar-refractivity contribution in [1.29, 1.82) is 0 Å². The minimum Gasteiger partial charge on any atom is -0.383 e. The van der Waals surface area contributed by atoms with Gasteiger partial charge >= 0.3 is 0 Å². The van der Waals surface area contributed by atoms with Gasteiger partial charge in [-0.1, -0.05) is 11.6 Å². The summed E-state index contributed by atoms with van der Waals surface area (Å²) in [6.07, 6.45) is 4.49. The molecule has 4 aromatic rings. The molecule has 0 amide bonds. The van der Waals surface area contributed by atoms with E-state index in [9.17, 15) is 13.5 Å². The summed E-state index contributed by atoms with van der Waals surface area (Å²) in [5.41, 5.74) is 1.15. The van der Waals surface area contributed by atoms with E-state index >= 15 is 4.39 Å². The summed E-state index contributed by atoms with van der Waals surface area (Å²) in [7, 11) is -3.45. The van der Waals surface area contributed by atoms with Gasteiger partial charge < -0.3 is 15.0 Å². The predicted octanol–water partition coefficient (Wildman–Crippen LogP) is 4.14. The summed E-state index contributed by atoms with van der Waals surface area (Å²) >= 11 is 6.46. The SMILES string of the molecule is CC(C)n1c(C(C)(C)O)nc2c(F)cc(-c3nc(N[C@H]4CCN(S(C)(=O)=O)c5cn[nH]c54)ncc3Cl)cc21. The number of rotatable bonds is 6. The fourth-order valence-corrected chi connectivity index (χ4v) is 5.92. The van der Waals surface area contributed by atoms with E-state index in [-0.39, 0.29) is 35.1 Å². The van der Waals surface area contributed by atoms with Crippen molar-refractivity contribution in [1.82, 2.24) is 29.7 Å². The molecular formula is C24H28ClFN8O3S. The van der Waals surface area contributed by atoms with Crippen LogP contribution >= 0.6 is 11.6 Å². The number of sulfonamides is 1. The molecule has 0 unspecified atom stereocenters. The molecule has 0 saturated carbocycles. The first kappa shape index (κ1) is 26.3. The molecule has 38 heavy (non-hydrogen) atoms. The van der Waals surface area contributed by atoms with E-state index in [0.717, 1.165) is 6.26 Å². The lowest BCUT2D eigenvalue weighted by Gasteiger charge is -2.31. The van der Waals surface area contributed by atoms with Gasteiger partial charge in [-0.05, 0) is 46.2 Å². The second kappa shape index (κ2) is 9.17. The van der Waals surface area contributed by atoms with Gasteiger partial charge in [0.05, 0.1) is 52.3 Å². The molecule has 0 spiro atoms. The van der Waals surface area contributed by atoms with Gasteiger partial charge in [-0.25, -0.2) is 27.8 Å². The molecule has 202 valence electrons. The molecule has 1 aliphatic heterocycles. The fraction of sp³-hybridized carbons (Fsp3) is 0.417. The largest absolute Gasteiger partial charge is 0.383 e. The smallest absolute Gasteiger partial charge is 0.232 e. The lowest BCUT2D eigenvalue weighted by Crippen LogP contribution is -2.37. The maximum atomic E-state index is 15.3. The molecule has 5 rings (SSSR count). The van der Waals surface area contributed by atoms with Crippen LogP contribution in [0.2, 0.25) is 5.02 Å². The van der Waals surface area contributed by atoms with E-state index in [1.54, 1.807) is 24.5 Å². The Hall–Kier alpha value is -3.29. The lowest BCUT2D eigenvalue weighted by molar-refractivity contribution is 0.0641. The van der Waals surface area contributed by atoms with Crippen LogP contribution in [0.3, 0.4) is 0 Å². The van der Waals surface area contributed by atoms with Crippen molar-refractivity contribution in [3.8, 4) is 11.3 Å². The number of H-pyrrole nitrogens is 1. The van der Waals surface area contributed by atoms with Crippen molar-refractivity contribution in [3.63, 3.8) is 0 Å². The molecule has 1 aliphatic rings. The summed E-state index contributed by atoms with van der Waals surface area (Å²) in [5.74, 6) is 0.0186.